The van der Waals surface area contributed by atoms with E-state index < -0.39 is 0 Å². The zero-order chi connectivity index (χ0) is 13.8. The van der Waals surface area contributed by atoms with Crippen molar-refractivity contribution in [3.8, 4) is 5.75 Å². The Morgan fingerprint density at radius 3 is 2.50 bits per heavy atom. The van der Waals surface area contributed by atoms with Crippen LogP contribution in [0.5, 0.6) is 5.75 Å². The Morgan fingerprint density at radius 2 is 1.85 bits per heavy atom. The molecule has 3 nitrogen and oxygen atoms in total. The van der Waals surface area contributed by atoms with E-state index in [-0.39, 0.29) is 23.9 Å². The molecular weight excluding hydrogens is 342 g/mol. The third-order valence-corrected chi connectivity index (χ3v) is 3.22. The topological polar surface area (TPSA) is 41.2 Å². The molecule has 1 aromatic carbocycles. The lowest BCUT2D eigenvalue weighted by molar-refractivity contribution is -0.576. The summed E-state index contributed by atoms with van der Waals surface area (Å²) in [4.78, 5) is 11.9. The van der Waals surface area contributed by atoms with Crippen molar-refractivity contribution >= 4 is 27.9 Å². The molecule has 0 aliphatic rings. The van der Waals surface area contributed by atoms with E-state index in [4.69, 9.17) is 0 Å². The number of benzene rings is 1. The van der Waals surface area contributed by atoms with E-state index in [2.05, 4.69) is 15.9 Å². The maximum atomic E-state index is 11.9. The minimum atomic E-state index is -0.0808. The van der Waals surface area contributed by atoms with Gasteiger partial charge in [0.1, 0.15) is 0 Å². The normalized spacial score (nSPS) is 10.3. The number of ketones is 1. The van der Waals surface area contributed by atoms with Crippen LogP contribution in [-0.2, 0) is 0 Å². The highest BCUT2D eigenvalue weighted by Gasteiger charge is 2.06. The molecule has 0 saturated carbocycles. The van der Waals surface area contributed by atoms with E-state index >= 15 is 0 Å². The average molecular weight is 355 g/mol. The second kappa shape index (κ2) is 7.22. The van der Waals surface area contributed by atoms with Gasteiger partial charge in [0.05, 0.1) is 6.08 Å². The monoisotopic (exact) mass is 353 g/mol. The third kappa shape index (κ3) is 4.18. The third-order valence-electron chi connectivity index (χ3n) is 2.69. The lowest BCUT2D eigenvalue weighted by Gasteiger charge is -1.96. The van der Waals surface area contributed by atoms with Gasteiger partial charge in [0.15, 0.2) is 23.4 Å². The van der Waals surface area contributed by atoms with Gasteiger partial charge in [0.2, 0.25) is 6.20 Å². The summed E-state index contributed by atoms with van der Waals surface area (Å²) in [5.74, 6) is 0.0779. The van der Waals surface area contributed by atoms with Gasteiger partial charge in [0, 0.05) is 23.0 Å². The minimum absolute atomic E-state index is 0. The highest BCUT2D eigenvalue weighted by Crippen LogP contribution is 2.11. The Balaban J connectivity index is 0.00000200. The summed E-state index contributed by atoms with van der Waals surface area (Å²) in [7, 11) is 0. The van der Waals surface area contributed by atoms with Crippen molar-refractivity contribution in [2.24, 2.45) is 0 Å². The van der Waals surface area contributed by atoms with Crippen LogP contribution < -0.4 is 17.0 Å². The van der Waals surface area contributed by atoms with Crippen LogP contribution in [0.15, 0.2) is 53.1 Å². The summed E-state index contributed by atoms with van der Waals surface area (Å²) < 4.78 is 2.64. The molecule has 0 radical (unpaired) electrons. The van der Waals surface area contributed by atoms with Gasteiger partial charge in [-0.15, -0.1) is 0 Å². The van der Waals surface area contributed by atoms with Gasteiger partial charge in [-0.05, 0) is 30.3 Å². The van der Waals surface area contributed by atoms with Crippen molar-refractivity contribution in [3.63, 3.8) is 0 Å². The number of allylic oxidation sites excluding steroid dienone is 1. The number of carbonyl (C=O) groups is 1. The van der Waals surface area contributed by atoms with Crippen LogP contribution in [0.3, 0.4) is 0 Å². The van der Waals surface area contributed by atoms with Gasteiger partial charge in [-0.2, -0.15) is 4.57 Å². The first kappa shape index (κ1) is 16.4. The van der Waals surface area contributed by atoms with Crippen molar-refractivity contribution in [1.82, 2.24) is 0 Å². The summed E-state index contributed by atoms with van der Waals surface area (Å²) in [6.07, 6.45) is 4.68. The van der Waals surface area contributed by atoms with Gasteiger partial charge in [-0.3, -0.25) is 4.79 Å². The van der Waals surface area contributed by atoms with E-state index in [0.29, 0.717) is 5.56 Å². The standard InChI is InChI=1S/C15H12BrNO2.ClH/c1-11-2-7-14(18)10-17(11)9-8-15(19)12-3-5-13(16)6-4-12;/h2-10H,1H3;1H/b9-8+;. The van der Waals surface area contributed by atoms with Crippen molar-refractivity contribution in [2.45, 2.75) is 6.92 Å². The molecule has 0 fully saturated rings. The fraction of sp³-hybridized carbons (Fsp3) is 0.0667. The summed E-state index contributed by atoms with van der Waals surface area (Å²) >= 11 is 3.33. The number of nitrogens with zero attached hydrogens (tertiary/aromatic N) is 1. The minimum Gasteiger partial charge on any atom is -1.00 e. The molecular formula is C15H13BrClNO2. The molecule has 2 aromatic rings. The maximum Gasteiger partial charge on any atom is 0.216 e. The summed E-state index contributed by atoms with van der Waals surface area (Å²) in [6.45, 7) is 1.90. The van der Waals surface area contributed by atoms with E-state index in [0.717, 1.165) is 10.2 Å². The molecule has 5 heteroatoms. The lowest BCUT2D eigenvalue weighted by Crippen LogP contribution is -3.00. The molecule has 2 rings (SSSR count). The van der Waals surface area contributed by atoms with Crippen LogP contribution in [-0.4, -0.2) is 10.9 Å². The maximum absolute atomic E-state index is 11.9. The fourth-order valence-electron chi connectivity index (χ4n) is 1.60. The van der Waals surface area contributed by atoms with Crippen molar-refractivity contribution in [3.05, 3.63) is 64.4 Å². The van der Waals surface area contributed by atoms with E-state index in [9.17, 15) is 9.90 Å². The molecule has 20 heavy (non-hydrogen) atoms. The quantitative estimate of drug-likeness (QED) is 0.483. The molecule has 0 spiro atoms. The van der Waals surface area contributed by atoms with Crippen molar-refractivity contribution in [2.75, 3.05) is 0 Å². The smallest absolute Gasteiger partial charge is 0.216 e. The lowest BCUT2D eigenvalue weighted by atomic mass is 10.1. The first-order valence-electron chi connectivity index (χ1n) is 5.75. The SMILES string of the molecule is Cc1ccc(O)c[n+]1/C=C/C(=O)c1ccc(Br)cc1.[Cl-]. The molecule has 1 heterocycles. The summed E-state index contributed by atoms with van der Waals surface area (Å²) in [6, 6.07) is 10.6. The van der Waals surface area contributed by atoms with Gasteiger partial charge < -0.3 is 17.5 Å². The molecule has 104 valence electrons. The Bertz CT molecular complexity index is 639. The Kier molecular flexibility index (Phi) is 5.92. The highest BCUT2D eigenvalue weighted by atomic mass is 79.9. The molecule has 0 saturated heterocycles. The van der Waals surface area contributed by atoms with E-state index in [1.54, 1.807) is 41.2 Å². The average Bonchev–Trinajstić information content (AvgIpc) is 2.40. The second-order valence-corrected chi connectivity index (χ2v) is 5.04. The first-order valence-corrected chi connectivity index (χ1v) is 6.54. The molecule has 1 aromatic heterocycles. The van der Waals surface area contributed by atoms with Crippen LogP contribution >= 0.6 is 15.9 Å². The number of halogens is 2. The Hall–Kier alpha value is -1.65. The molecule has 0 amide bonds. The van der Waals surface area contributed by atoms with Gasteiger partial charge >= 0.3 is 0 Å². The largest absolute Gasteiger partial charge is 1.00 e. The van der Waals surface area contributed by atoms with Crippen LogP contribution in [0.1, 0.15) is 16.1 Å². The van der Waals surface area contributed by atoms with E-state index in [1.807, 2.05) is 19.1 Å². The first-order chi connectivity index (χ1) is 9.06. The molecule has 0 unspecified atom stereocenters. The van der Waals surface area contributed by atoms with Gasteiger partial charge in [-0.25, -0.2) is 0 Å². The predicted molar refractivity (Wildman–Crippen MR) is 76.8 cm³/mol. The highest BCUT2D eigenvalue weighted by molar-refractivity contribution is 9.10. The number of aromatic nitrogens is 1. The van der Waals surface area contributed by atoms with Crippen molar-refractivity contribution < 1.29 is 26.9 Å². The fourth-order valence-corrected chi connectivity index (χ4v) is 1.86. The molecule has 0 bridgehead atoms. The van der Waals surface area contributed by atoms with E-state index in [1.165, 1.54) is 6.08 Å². The Morgan fingerprint density at radius 1 is 1.20 bits per heavy atom. The zero-order valence-electron chi connectivity index (χ0n) is 10.8. The van der Waals surface area contributed by atoms with Crippen LogP contribution in [0.25, 0.3) is 6.20 Å². The van der Waals surface area contributed by atoms with Crippen LogP contribution in [0.4, 0.5) is 0 Å². The number of carbonyl (C=O) groups excluding carboxylic acids is 1. The number of rotatable bonds is 3. The summed E-state index contributed by atoms with van der Waals surface area (Å²) in [5, 5.41) is 9.41. The van der Waals surface area contributed by atoms with Gasteiger partial charge in [-0.1, -0.05) is 15.9 Å². The predicted octanol–water partition coefficient (Wildman–Crippen LogP) is 0.108. The number of hydrogen-bond donors (Lipinski definition) is 1. The van der Waals surface area contributed by atoms with Gasteiger partial charge in [0.25, 0.3) is 0 Å². The van der Waals surface area contributed by atoms with Crippen molar-refractivity contribution in [1.29, 1.82) is 0 Å². The summed E-state index contributed by atoms with van der Waals surface area (Å²) in [5.41, 5.74) is 1.55. The number of aromatic hydroxyl groups is 1. The molecule has 1 N–H and O–H groups in total. The van der Waals surface area contributed by atoms with Crippen LogP contribution in [0, 0.1) is 6.92 Å². The second-order valence-electron chi connectivity index (χ2n) is 4.12. The zero-order valence-corrected chi connectivity index (χ0v) is 13.1. The number of hydrogen-bond acceptors (Lipinski definition) is 2. The van der Waals surface area contributed by atoms with Crippen LogP contribution in [0.2, 0.25) is 0 Å². The molecule has 0 aliphatic carbocycles. The molecule has 0 aliphatic heterocycles. The Labute approximate surface area is 132 Å². The number of pyridine rings is 1. The molecule has 0 atom stereocenters. The number of aryl methyl sites for hydroxylation is 1.